The Morgan fingerprint density at radius 2 is 0.266 bits per heavy atom. The predicted molar refractivity (Wildman–Crippen MR) is 638 cm³/mol. The highest BCUT2D eigenvalue weighted by Gasteiger charge is 1.97. The van der Waals surface area contributed by atoms with Crippen molar-refractivity contribution >= 4 is 102 Å². The van der Waals surface area contributed by atoms with Gasteiger partial charge >= 0.3 is 0 Å². The highest BCUT2D eigenvalue weighted by molar-refractivity contribution is 5.95. The molecule has 12 heteroatoms. The molecule has 0 N–H and O–H groups in total. The number of allylic oxidation sites excluding steroid dienone is 4. The monoisotopic (exact) mass is 1970 g/mol. The van der Waals surface area contributed by atoms with Crippen LogP contribution in [0.4, 0.5) is 0 Å². The molecule has 0 atom stereocenters. The Morgan fingerprint density at radius 1 is 0.168 bits per heavy atom. The Bertz CT molecular complexity index is 4040. The van der Waals surface area contributed by atoms with E-state index in [1.165, 1.54) is 205 Å². The molecule has 0 aromatic heterocycles. The molecule has 0 spiro atoms. The van der Waals surface area contributed by atoms with Crippen molar-refractivity contribution in [1.82, 2.24) is 0 Å². The number of rotatable bonds is 10. The summed E-state index contributed by atoms with van der Waals surface area (Å²) in [5.74, 6) is 1.75. The van der Waals surface area contributed by atoms with E-state index in [4.69, 9.17) is 0 Å². The van der Waals surface area contributed by atoms with Crippen LogP contribution in [0.2, 0.25) is 0 Å². The third-order valence-electron chi connectivity index (χ3n) is 13.3. The topological polar surface area (TPSA) is 205 Å². The third kappa shape index (κ3) is 163. The molecule has 0 saturated carbocycles. The van der Waals surface area contributed by atoms with Gasteiger partial charge in [-0.25, -0.2) is 0 Å². The van der Waals surface area contributed by atoms with Crippen molar-refractivity contribution in [3.05, 3.63) is 375 Å². The van der Waals surface area contributed by atoms with Crippen molar-refractivity contribution in [2.75, 3.05) is 0 Å². The van der Waals surface area contributed by atoms with Crippen molar-refractivity contribution in [2.45, 2.75) is 336 Å². The summed E-state index contributed by atoms with van der Waals surface area (Å²) in [6.45, 7) is 77.6. The number of Topliss-reactive ketones (excluding diaryl/α,β-unsaturated/α-hetero) is 10. The fraction of sp³-hybridized carbons (Fsp3) is 0.374. The molecule has 796 valence electrons. The Hall–Kier alpha value is -13.1. The maximum atomic E-state index is 10.6. The summed E-state index contributed by atoms with van der Waals surface area (Å²) in [5.41, 5.74) is 4.88. The van der Waals surface area contributed by atoms with E-state index in [9.17, 15) is 57.5 Å². The first-order chi connectivity index (χ1) is 68.3. The highest BCUT2D eigenvalue weighted by Crippen LogP contribution is 2.18. The number of benzene rings is 12. The molecule has 0 saturated heterocycles. The first kappa shape index (κ1) is 166. The predicted octanol–water partition coefficient (Wildman–Crippen LogP) is 39.3. The number of ketones is 12. The Morgan fingerprint density at radius 3 is 0.336 bits per heavy atom. The molecule has 12 aromatic rings. The maximum Gasteiger partial charge on any atom is 0.159 e. The Kier molecular flexibility index (Phi) is 168. The van der Waals surface area contributed by atoms with Crippen LogP contribution >= 0.6 is 0 Å². The van der Waals surface area contributed by atoms with Crippen LogP contribution in [0.5, 0.6) is 0 Å². The second kappa shape index (κ2) is 144. The third-order valence-corrected chi connectivity index (χ3v) is 13.3. The van der Waals surface area contributed by atoms with Gasteiger partial charge in [-0.2, -0.15) is 0 Å². The van der Waals surface area contributed by atoms with E-state index >= 15 is 0 Å². The smallest absolute Gasteiger partial charge is 0.159 e. The quantitative estimate of drug-likeness (QED) is 0.0926. The minimum absolute atomic E-state index is 0.109. The van der Waals surface area contributed by atoms with Crippen LogP contribution in [-0.4, -0.2) is 69.4 Å². The molecule has 0 aliphatic heterocycles. The van der Waals surface area contributed by atoms with Gasteiger partial charge in [-0.1, -0.05) is 537 Å². The highest BCUT2D eigenvalue weighted by atomic mass is 16.2. The van der Waals surface area contributed by atoms with Gasteiger partial charge in [0.25, 0.3) is 0 Å². The minimum Gasteiger partial charge on any atom is -0.300 e. The van der Waals surface area contributed by atoms with E-state index in [1.54, 1.807) is 32.9 Å². The number of hydrogen-bond donors (Lipinski definition) is 0. The molecule has 0 amide bonds. The normalized spacial score (nSPS) is 7.99. The summed E-state index contributed by atoms with van der Waals surface area (Å²) in [4.78, 5) is 118. The van der Waals surface area contributed by atoms with Gasteiger partial charge in [0.15, 0.2) is 28.9 Å². The van der Waals surface area contributed by atoms with Gasteiger partial charge in [0.2, 0.25) is 0 Å². The lowest BCUT2D eigenvalue weighted by Crippen LogP contribution is -1.88. The van der Waals surface area contributed by atoms with Gasteiger partial charge < -0.3 is 33.6 Å². The summed E-state index contributed by atoms with van der Waals surface area (Å²) in [7, 11) is 0. The second-order valence-corrected chi connectivity index (χ2v) is 28.0. The summed E-state index contributed by atoms with van der Waals surface area (Å²) in [6.07, 6.45) is 14.7. The summed E-state index contributed by atoms with van der Waals surface area (Å²) >= 11 is 0. The number of carbonyl (C=O) groups excluding carboxylic acids is 12. The van der Waals surface area contributed by atoms with Gasteiger partial charge in [-0.3, -0.25) is 24.0 Å². The van der Waals surface area contributed by atoms with Crippen molar-refractivity contribution in [1.29, 1.82) is 0 Å². The lowest BCUT2D eigenvalue weighted by molar-refractivity contribution is -0.115. The zero-order valence-corrected chi connectivity index (χ0v) is 97.7. The van der Waals surface area contributed by atoms with Crippen LogP contribution < -0.4 is 0 Å². The number of carbonyl (C=O) groups is 12. The van der Waals surface area contributed by atoms with Crippen LogP contribution in [0, 0.1) is 0 Å². The molecule has 0 radical (unpaired) electrons. The standard InChI is InChI=1S/C12H10.3C10H8.3C8H8O.C6H6.2C5H8O.2C5H12.7C3H6O.9C2H6/c1-3-7-11(8-4-1)12-9-5-2-6-10-12;3*1-2-6-10-8-4-3-7-9(10)5-1;3*1-7(9)8-5-3-2-4-6-8;1-2-4-6-5-3-1;2*1-3-4-5(2)6;2*1-3-5-4-2;7*1-3(2)4;9*1-2/h1-10H;3*1-8H;3*2-6H,1H3;1-6H;2*3-4H,1-2H3;2*3-5H2,1-2H3;7*1-2H3;9*1-2H3. The second-order valence-electron chi connectivity index (χ2n) is 28.0. The van der Waals surface area contributed by atoms with Crippen LogP contribution in [0.3, 0.4) is 0 Å². The molecule has 0 aliphatic carbocycles. The lowest BCUT2D eigenvalue weighted by Gasteiger charge is -1.98. The summed E-state index contributed by atoms with van der Waals surface area (Å²) < 4.78 is 0. The van der Waals surface area contributed by atoms with E-state index in [0.717, 1.165) is 16.7 Å². The first-order valence-electron chi connectivity index (χ1n) is 50.9. The largest absolute Gasteiger partial charge is 0.300 e. The molecule has 0 unspecified atom stereocenters. The molecule has 12 aromatic carbocycles. The lowest BCUT2D eigenvalue weighted by atomic mass is 10.1. The molecule has 0 aliphatic rings. The van der Waals surface area contributed by atoms with E-state index in [-0.39, 0.29) is 69.4 Å². The fourth-order valence-electron chi connectivity index (χ4n) is 8.24. The Labute approximate surface area is 875 Å². The average Bonchev–Trinajstić information content (AvgIpc) is 0.875. The molecule has 12 rings (SSSR count). The van der Waals surface area contributed by atoms with Crippen molar-refractivity contribution in [3.8, 4) is 11.1 Å². The zero-order valence-electron chi connectivity index (χ0n) is 97.7. The van der Waals surface area contributed by atoms with E-state index in [1.807, 2.05) is 278 Å². The van der Waals surface area contributed by atoms with Gasteiger partial charge in [0, 0.05) is 16.7 Å². The minimum atomic E-state index is 0.109. The van der Waals surface area contributed by atoms with Gasteiger partial charge in [-0.05, 0) is 201 Å². The van der Waals surface area contributed by atoms with Crippen LogP contribution in [0.1, 0.15) is 367 Å². The van der Waals surface area contributed by atoms with E-state index in [2.05, 4.69) is 222 Å². The van der Waals surface area contributed by atoms with Crippen LogP contribution in [0.25, 0.3) is 43.4 Å². The molecular formula is C131H200O12. The molecule has 0 heterocycles. The molecular weight excluding hydrogens is 1770 g/mol. The van der Waals surface area contributed by atoms with Crippen molar-refractivity contribution in [2.24, 2.45) is 0 Å². The van der Waals surface area contributed by atoms with Gasteiger partial charge in [0.05, 0.1) is 0 Å². The summed E-state index contributed by atoms with van der Waals surface area (Å²) in [6, 6.07) is 111. The van der Waals surface area contributed by atoms with Gasteiger partial charge in [0.1, 0.15) is 40.5 Å². The molecule has 12 nitrogen and oxygen atoms in total. The fourth-order valence-corrected chi connectivity index (χ4v) is 8.24. The van der Waals surface area contributed by atoms with E-state index in [0.29, 0.717) is 0 Å². The van der Waals surface area contributed by atoms with Crippen molar-refractivity contribution in [3.63, 3.8) is 0 Å². The van der Waals surface area contributed by atoms with Crippen molar-refractivity contribution < 1.29 is 57.5 Å². The van der Waals surface area contributed by atoms with Crippen LogP contribution in [-0.2, 0) is 43.2 Å². The number of unbranched alkanes of at least 4 members (excludes halogenated alkanes) is 4. The first-order valence-corrected chi connectivity index (χ1v) is 50.9. The zero-order chi connectivity index (χ0) is 114. The average molecular weight is 1970 g/mol. The molecule has 0 fully saturated rings. The number of hydrogen-bond acceptors (Lipinski definition) is 12. The molecule has 143 heavy (non-hydrogen) atoms. The SMILES string of the molecule is CC.CC.CC.CC.CC.CC.CC.CC.CC.CC(=O)c1ccccc1.CC(=O)c1ccccc1.CC(=O)c1ccccc1.CC(C)=O.CC(C)=O.CC(C)=O.CC(C)=O.CC(C)=O.CC(C)=O.CC(C)=O.CC=CC(C)=O.CC=CC(C)=O.CCCCC.CCCCC.c1ccc(-c2ccccc2)cc1.c1ccc2ccccc2c1.c1ccc2ccccc2c1.c1ccc2ccccc2c1.c1ccccc1. The molecule has 0 bridgehead atoms. The van der Waals surface area contributed by atoms with Crippen LogP contribution in [0.15, 0.2) is 358 Å². The summed E-state index contributed by atoms with van der Waals surface area (Å²) in [5, 5.41) is 7.86. The van der Waals surface area contributed by atoms with Gasteiger partial charge in [-0.15, -0.1) is 0 Å². The Balaban J connectivity index is -0.0000000851. The number of fused-ring (bicyclic) bond motifs is 3. The van der Waals surface area contributed by atoms with E-state index < -0.39 is 0 Å². The maximum absolute atomic E-state index is 10.6.